The fraction of sp³-hybridized carbons (Fsp3) is 0.538. The Kier molecular flexibility index (Phi) is 5.65. The number of nitrogens with zero attached hydrogens (tertiary/aromatic N) is 1. The number of anilines is 2. The topological polar surface area (TPSA) is 50.5 Å². The van der Waals surface area contributed by atoms with Crippen LogP contribution in [0, 0.1) is 9.39 Å². The fourth-order valence-electron chi connectivity index (χ4n) is 2.07. The molecule has 4 nitrogen and oxygen atoms in total. The van der Waals surface area contributed by atoms with Gasteiger partial charge in [-0.25, -0.2) is 4.39 Å². The van der Waals surface area contributed by atoms with Gasteiger partial charge >= 0.3 is 0 Å². The molecule has 0 spiro atoms. The molecule has 0 amide bonds. The smallest absolute Gasteiger partial charge is 0.138 e. The van der Waals surface area contributed by atoms with Crippen molar-refractivity contribution < 1.29 is 9.13 Å². The zero-order chi connectivity index (χ0) is 13.7. The minimum Gasteiger partial charge on any atom is -0.397 e. The van der Waals surface area contributed by atoms with Crippen LogP contribution in [0.25, 0.3) is 0 Å². The fourth-order valence-corrected chi connectivity index (χ4v) is 2.56. The van der Waals surface area contributed by atoms with Crippen LogP contribution in [0.5, 0.6) is 0 Å². The van der Waals surface area contributed by atoms with Gasteiger partial charge in [0, 0.05) is 25.7 Å². The number of halogens is 2. The summed E-state index contributed by atoms with van der Waals surface area (Å²) in [6, 6.07) is 3.12. The number of nitrogen functional groups attached to an aromatic ring is 1. The van der Waals surface area contributed by atoms with E-state index in [4.69, 9.17) is 10.5 Å². The van der Waals surface area contributed by atoms with E-state index in [0.29, 0.717) is 14.9 Å². The third-order valence-corrected chi connectivity index (χ3v) is 3.99. The van der Waals surface area contributed by atoms with E-state index in [-0.39, 0.29) is 5.82 Å². The molecule has 0 saturated carbocycles. The lowest BCUT2D eigenvalue weighted by Crippen LogP contribution is -2.37. The zero-order valence-corrected chi connectivity index (χ0v) is 13.0. The van der Waals surface area contributed by atoms with Gasteiger partial charge in [-0.15, -0.1) is 0 Å². The zero-order valence-electron chi connectivity index (χ0n) is 10.8. The summed E-state index contributed by atoms with van der Waals surface area (Å²) in [5.74, 6) is -0.231. The van der Waals surface area contributed by atoms with Crippen molar-refractivity contribution in [1.82, 2.24) is 4.90 Å². The van der Waals surface area contributed by atoms with Gasteiger partial charge in [0.05, 0.1) is 28.2 Å². The Morgan fingerprint density at radius 2 is 2.11 bits per heavy atom. The predicted octanol–water partition coefficient (Wildman–Crippen LogP) is 2.15. The highest BCUT2D eigenvalue weighted by molar-refractivity contribution is 14.1. The summed E-state index contributed by atoms with van der Waals surface area (Å²) in [5.41, 5.74) is 7.13. The largest absolute Gasteiger partial charge is 0.397 e. The summed E-state index contributed by atoms with van der Waals surface area (Å²) in [6.45, 7) is 5.47. The van der Waals surface area contributed by atoms with Crippen LogP contribution >= 0.6 is 22.6 Å². The number of nitrogens with one attached hydrogen (secondary N) is 1. The normalized spacial score (nSPS) is 16.5. The molecule has 2 rings (SSSR count). The number of morpholine rings is 1. The molecule has 1 saturated heterocycles. The van der Waals surface area contributed by atoms with E-state index in [1.807, 2.05) is 22.6 Å². The van der Waals surface area contributed by atoms with Crippen molar-refractivity contribution in [3.8, 4) is 0 Å². The molecule has 0 bridgehead atoms. The maximum absolute atomic E-state index is 13.4. The van der Waals surface area contributed by atoms with E-state index in [1.54, 1.807) is 6.07 Å². The summed E-state index contributed by atoms with van der Waals surface area (Å²) in [4.78, 5) is 2.38. The Morgan fingerprint density at radius 3 is 2.84 bits per heavy atom. The van der Waals surface area contributed by atoms with Crippen LogP contribution in [0.4, 0.5) is 15.8 Å². The average Bonchev–Trinajstić information content (AvgIpc) is 2.41. The molecule has 1 aromatic carbocycles. The molecule has 3 N–H and O–H groups in total. The van der Waals surface area contributed by atoms with Gasteiger partial charge in [0.15, 0.2) is 0 Å². The first kappa shape index (κ1) is 14.8. The van der Waals surface area contributed by atoms with Crippen LogP contribution in [-0.2, 0) is 4.74 Å². The second-order valence-corrected chi connectivity index (χ2v) is 5.75. The number of benzene rings is 1. The number of hydrogen-bond donors (Lipinski definition) is 2. The van der Waals surface area contributed by atoms with Crippen molar-refractivity contribution in [2.75, 3.05) is 50.4 Å². The van der Waals surface area contributed by atoms with E-state index in [0.717, 1.165) is 45.8 Å². The molecule has 0 aliphatic carbocycles. The van der Waals surface area contributed by atoms with Crippen LogP contribution in [0.3, 0.4) is 0 Å². The highest BCUT2D eigenvalue weighted by Crippen LogP contribution is 2.23. The van der Waals surface area contributed by atoms with Gasteiger partial charge in [0.2, 0.25) is 0 Å². The minimum absolute atomic E-state index is 0.231. The van der Waals surface area contributed by atoms with Gasteiger partial charge in [-0.05, 0) is 41.6 Å². The first-order valence-corrected chi connectivity index (χ1v) is 7.53. The summed E-state index contributed by atoms with van der Waals surface area (Å²) >= 11 is 1.94. The molecule has 0 unspecified atom stereocenters. The lowest BCUT2D eigenvalue weighted by atomic mass is 10.2. The molecule has 0 aromatic heterocycles. The van der Waals surface area contributed by atoms with Gasteiger partial charge in [-0.3, -0.25) is 4.90 Å². The number of rotatable bonds is 5. The highest BCUT2D eigenvalue weighted by Gasteiger charge is 2.09. The molecule has 0 radical (unpaired) electrons. The molecule has 0 atom stereocenters. The van der Waals surface area contributed by atoms with Crippen LogP contribution in [0.2, 0.25) is 0 Å². The Morgan fingerprint density at radius 1 is 1.37 bits per heavy atom. The van der Waals surface area contributed by atoms with Crippen molar-refractivity contribution in [1.29, 1.82) is 0 Å². The molecular weight excluding hydrogens is 360 g/mol. The van der Waals surface area contributed by atoms with Crippen molar-refractivity contribution in [3.63, 3.8) is 0 Å². The van der Waals surface area contributed by atoms with Crippen LogP contribution in [0.1, 0.15) is 6.42 Å². The molecule has 1 aromatic rings. The maximum atomic E-state index is 13.4. The molecular formula is C13H19FIN3O. The van der Waals surface area contributed by atoms with Crippen molar-refractivity contribution in [2.45, 2.75) is 6.42 Å². The third-order valence-electron chi connectivity index (χ3n) is 3.16. The van der Waals surface area contributed by atoms with E-state index in [1.165, 1.54) is 6.07 Å². The van der Waals surface area contributed by atoms with Gasteiger partial charge in [-0.1, -0.05) is 0 Å². The predicted molar refractivity (Wildman–Crippen MR) is 83.9 cm³/mol. The Labute approximate surface area is 126 Å². The first-order valence-electron chi connectivity index (χ1n) is 6.45. The molecule has 6 heteroatoms. The first-order chi connectivity index (χ1) is 9.16. The minimum atomic E-state index is -0.231. The van der Waals surface area contributed by atoms with Crippen molar-refractivity contribution >= 4 is 34.0 Å². The van der Waals surface area contributed by atoms with Gasteiger partial charge < -0.3 is 15.8 Å². The average molecular weight is 379 g/mol. The monoisotopic (exact) mass is 379 g/mol. The van der Waals surface area contributed by atoms with Crippen LogP contribution in [-0.4, -0.2) is 44.3 Å². The molecule has 106 valence electrons. The lowest BCUT2D eigenvalue weighted by molar-refractivity contribution is 0.0378. The molecule has 1 aliphatic heterocycles. The number of hydrogen-bond acceptors (Lipinski definition) is 4. The molecule has 1 aliphatic rings. The van der Waals surface area contributed by atoms with Crippen LogP contribution in [0.15, 0.2) is 12.1 Å². The van der Waals surface area contributed by atoms with E-state index >= 15 is 0 Å². The second-order valence-electron chi connectivity index (χ2n) is 4.59. The SMILES string of the molecule is Nc1cc(I)c(F)cc1NCCCN1CCOCC1. The second kappa shape index (κ2) is 7.25. The molecule has 1 fully saturated rings. The van der Waals surface area contributed by atoms with Crippen LogP contribution < -0.4 is 11.1 Å². The summed E-state index contributed by atoms with van der Waals surface area (Å²) in [7, 11) is 0. The third kappa shape index (κ3) is 4.47. The summed E-state index contributed by atoms with van der Waals surface area (Å²) < 4.78 is 19.3. The number of ether oxygens (including phenoxy) is 1. The number of nitrogens with two attached hydrogens (primary N) is 1. The maximum Gasteiger partial charge on any atom is 0.138 e. The van der Waals surface area contributed by atoms with Gasteiger partial charge in [0.1, 0.15) is 5.82 Å². The van der Waals surface area contributed by atoms with E-state index in [2.05, 4.69) is 10.2 Å². The van der Waals surface area contributed by atoms with E-state index < -0.39 is 0 Å². The Balaban J connectivity index is 1.74. The Hall–Kier alpha value is -0.600. The lowest BCUT2D eigenvalue weighted by Gasteiger charge is -2.26. The Bertz CT molecular complexity index is 425. The van der Waals surface area contributed by atoms with Gasteiger partial charge in [0.25, 0.3) is 0 Å². The van der Waals surface area contributed by atoms with Crippen molar-refractivity contribution in [3.05, 3.63) is 21.5 Å². The quantitative estimate of drug-likeness (QED) is 0.468. The van der Waals surface area contributed by atoms with E-state index in [9.17, 15) is 4.39 Å². The summed E-state index contributed by atoms with van der Waals surface area (Å²) in [5, 5.41) is 3.19. The molecule has 19 heavy (non-hydrogen) atoms. The van der Waals surface area contributed by atoms with Gasteiger partial charge in [-0.2, -0.15) is 0 Å². The summed E-state index contributed by atoms with van der Waals surface area (Å²) in [6.07, 6.45) is 1.01. The standard InChI is InChI=1S/C13H19FIN3O/c14-10-8-13(12(16)9-11(10)15)17-2-1-3-18-4-6-19-7-5-18/h8-9,17H,1-7,16H2. The van der Waals surface area contributed by atoms with Crippen molar-refractivity contribution in [2.24, 2.45) is 0 Å². The highest BCUT2D eigenvalue weighted by atomic mass is 127. The molecule has 1 heterocycles.